The van der Waals surface area contributed by atoms with Crippen LogP contribution in [-0.2, 0) is 4.79 Å². The normalized spacial score (nSPS) is 36.4. The lowest BCUT2D eigenvalue weighted by atomic mass is 9.90. The summed E-state index contributed by atoms with van der Waals surface area (Å²) >= 11 is 0. The van der Waals surface area contributed by atoms with Gasteiger partial charge in [-0.1, -0.05) is 0 Å². The zero-order valence-electron chi connectivity index (χ0n) is 10.8. The minimum absolute atomic E-state index is 0.0717. The van der Waals surface area contributed by atoms with Crippen molar-refractivity contribution in [3.63, 3.8) is 0 Å². The number of carbonyl (C=O) groups excluding carboxylic acids is 1. The number of amides is 1. The zero-order chi connectivity index (χ0) is 12.3. The van der Waals surface area contributed by atoms with Gasteiger partial charge in [0.25, 0.3) is 0 Å². The summed E-state index contributed by atoms with van der Waals surface area (Å²) in [5.74, 6) is -0.0453. The van der Waals surface area contributed by atoms with Crippen LogP contribution in [0.5, 0.6) is 0 Å². The monoisotopic (exact) mass is 239 g/mol. The van der Waals surface area contributed by atoms with Crippen molar-refractivity contribution in [2.45, 2.75) is 51.1 Å². The quantitative estimate of drug-likeness (QED) is 0.746. The van der Waals surface area contributed by atoms with E-state index in [0.29, 0.717) is 12.1 Å². The molecule has 0 bridgehead atoms. The first kappa shape index (κ1) is 12.8. The van der Waals surface area contributed by atoms with Gasteiger partial charge in [0.1, 0.15) is 0 Å². The second kappa shape index (κ2) is 5.83. The number of likely N-dealkylation sites (tertiary alicyclic amines) is 1. The van der Waals surface area contributed by atoms with Crippen LogP contribution < -0.4 is 11.1 Å². The fourth-order valence-electron chi connectivity index (χ4n) is 3.21. The number of rotatable bonds is 2. The van der Waals surface area contributed by atoms with Gasteiger partial charge in [-0.3, -0.25) is 9.69 Å². The fourth-order valence-corrected chi connectivity index (χ4v) is 3.21. The molecular formula is C13H25N3O. The summed E-state index contributed by atoms with van der Waals surface area (Å²) in [5, 5.41) is 3.45. The molecule has 2 saturated heterocycles. The Bertz CT molecular complexity index is 261. The summed E-state index contributed by atoms with van der Waals surface area (Å²) in [5.41, 5.74) is 5.46. The number of hydrogen-bond acceptors (Lipinski definition) is 3. The average molecular weight is 239 g/mol. The van der Waals surface area contributed by atoms with E-state index in [1.807, 2.05) is 0 Å². The van der Waals surface area contributed by atoms with Crippen molar-refractivity contribution >= 4 is 5.91 Å². The highest BCUT2D eigenvalue weighted by Gasteiger charge is 2.32. The van der Waals surface area contributed by atoms with E-state index in [9.17, 15) is 4.79 Å². The molecule has 2 fully saturated rings. The largest absolute Gasteiger partial charge is 0.369 e. The highest BCUT2D eigenvalue weighted by molar-refractivity contribution is 5.77. The first-order chi connectivity index (χ1) is 8.18. The third-order valence-corrected chi connectivity index (χ3v) is 4.35. The van der Waals surface area contributed by atoms with E-state index in [4.69, 9.17) is 5.73 Å². The van der Waals surface area contributed by atoms with Crippen LogP contribution in [0, 0.1) is 5.92 Å². The first-order valence-electron chi connectivity index (χ1n) is 6.94. The van der Waals surface area contributed by atoms with Crippen molar-refractivity contribution < 1.29 is 4.79 Å². The molecule has 0 saturated carbocycles. The van der Waals surface area contributed by atoms with Gasteiger partial charge in [0.15, 0.2) is 0 Å². The second-order valence-electron chi connectivity index (χ2n) is 5.56. The molecule has 1 amide bonds. The smallest absolute Gasteiger partial charge is 0.221 e. The summed E-state index contributed by atoms with van der Waals surface area (Å²) < 4.78 is 0. The minimum atomic E-state index is -0.117. The maximum atomic E-state index is 11.3. The first-order valence-corrected chi connectivity index (χ1v) is 6.94. The summed E-state index contributed by atoms with van der Waals surface area (Å²) in [4.78, 5) is 13.9. The van der Waals surface area contributed by atoms with Crippen molar-refractivity contribution in [2.75, 3.05) is 19.6 Å². The van der Waals surface area contributed by atoms with E-state index in [0.717, 1.165) is 32.5 Å². The molecule has 98 valence electrons. The Kier molecular flexibility index (Phi) is 4.40. The fraction of sp³-hybridized carbons (Fsp3) is 0.923. The molecule has 2 heterocycles. The maximum Gasteiger partial charge on any atom is 0.221 e. The Hall–Kier alpha value is -0.610. The van der Waals surface area contributed by atoms with Crippen LogP contribution in [0.4, 0.5) is 0 Å². The molecule has 0 aromatic carbocycles. The molecule has 4 heteroatoms. The number of nitrogens with one attached hydrogen (secondary N) is 1. The van der Waals surface area contributed by atoms with Gasteiger partial charge in [0.2, 0.25) is 5.91 Å². The van der Waals surface area contributed by atoms with Gasteiger partial charge in [-0.15, -0.1) is 0 Å². The number of piperidine rings is 1. The molecule has 2 rings (SSSR count). The standard InChI is InChI=1S/C13H25N3O/c1-10-4-5-11(13(14)17)9-16(10)12-3-2-7-15-8-6-12/h10-12,15H,2-9H2,1H3,(H2,14,17). The summed E-state index contributed by atoms with van der Waals surface area (Å²) in [6.07, 6.45) is 5.78. The Morgan fingerprint density at radius 1 is 1.24 bits per heavy atom. The van der Waals surface area contributed by atoms with Crippen molar-refractivity contribution in [3.8, 4) is 0 Å². The summed E-state index contributed by atoms with van der Waals surface area (Å²) in [6.45, 7) is 5.41. The van der Waals surface area contributed by atoms with Crippen LogP contribution >= 0.6 is 0 Å². The topological polar surface area (TPSA) is 58.4 Å². The molecule has 3 atom stereocenters. The lowest BCUT2D eigenvalue weighted by Gasteiger charge is -2.42. The van der Waals surface area contributed by atoms with E-state index in [2.05, 4.69) is 17.1 Å². The van der Waals surface area contributed by atoms with E-state index >= 15 is 0 Å². The van der Waals surface area contributed by atoms with Crippen LogP contribution in [0.25, 0.3) is 0 Å². The van der Waals surface area contributed by atoms with Gasteiger partial charge >= 0.3 is 0 Å². The van der Waals surface area contributed by atoms with Crippen LogP contribution in [0.3, 0.4) is 0 Å². The van der Waals surface area contributed by atoms with E-state index < -0.39 is 0 Å². The Morgan fingerprint density at radius 2 is 2.06 bits per heavy atom. The third-order valence-electron chi connectivity index (χ3n) is 4.35. The van der Waals surface area contributed by atoms with Crippen molar-refractivity contribution in [3.05, 3.63) is 0 Å². The van der Waals surface area contributed by atoms with E-state index in [1.165, 1.54) is 19.3 Å². The predicted octanol–water partition coefficient (Wildman–Crippen LogP) is 0.714. The van der Waals surface area contributed by atoms with Gasteiger partial charge in [0.05, 0.1) is 5.92 Å². The lowest BCUT2D eigenvalue weighted by molar-refractivity contribution is -0.124. The van der Waals surface area contributed by atoms with Crippen LogP contribution in [-0.4, -0.2) is 42.5 Å². The van der Waals surface area contributed by atoms with Crippen LogP contribution in [0.15, 0.2) is 0 Å². The van der Waals surface area contributed by atoms with Crippen molar-refractivity contribution in [1.82, 2.24) is 10.2 Å². The second-order valence-corrected chi connectivity index (χ2v) is 5.56. The molecule has 2 aliphatic heterocycles. The Labute approximate surface area is 104 Å². The Morgan fingerprint density at radius 3 is 2.82 bits per heavy atom. The number of nitrogens with two attached hydrogens (primary N) is 1. The van der Waals surface area contributed by atoms with Gasteiger partial charge in [-0.2, -0.15) is 0 Å². The number of nitrogens with zero attached hydrogens (tertiary/aromatic N) is 1. The Balaban J connectivity index is 1.98. The minimum Gasteiger partial charge on any atom is -0.369 e. The molecular weight excluding hydrogens is 214 g/mol. The van der Waals surface area contributed by atoms with Crippen molar-refractivity contribution in [2.24, 2.45) is 11.7 Å². The van der Waals surface area contributed by atoms with Gasteiger partial charge in [0, 0.05) is 18.6 Å². The molecule has 2 aliphatic rings. The number of carbonyl (C=O) groups is 1. The maximum absolute atomic E-state index is 11.3. The molecule has 4 nitrogen and oxygen atoms in total. The molecule has 0 aromatic rings. The highest BCUT2D eigenvalue weighted by atomic mass is 16.1. The molecule has 0 aromatic heterocycles. The zero-order valence-corrected chi connectivity index (χ0v) is 10.8. The highest BCUT2D eigenvalue weighted by Crippen LogP contribution is 2.26. The van der Waals surface area contributed by atoms with Crippen LogP contribution in [0.1, 0.15) is 39.0 Å². The van der Waals surface area contributed by atoms with E-state index in [1.54, 1.807) is 0 Å². The van der Waals surface area contributed by atoms with E-state index in [-0.39, 0.29) is 11.8 Å². The SMILES string of the molecule is CC1CCC(C(N)=O)CN1C1CCCNCC1. The number of primary amides is 1. The van der Waals surface area contributed by atoms with Gasteiger partial charge in [-0.05, 0) is 52.1 Å². The molecule has 17 heavy (non-hydrogen) atoms. The molecule has 0 aliphatic carbocycles. The molecule has 0 radical (unpaired) electrons. The molecule has 3 N–H and O–H groups in total. The van der Waals surface area contributed by atoms with Crippen LogP contribution in [0.2, 0.25) is 0 Å². The lowest BCUT2D eigenvalue weighted by Crippen LogP contribution is -2.50. The van der Waals surface area contributed by atoms with Crippen molar-refractivity contribution in [1.29, 1.82) is 0 Å². The summed E-state index contributed by atoms with van der Waals surface area (Å²) in [6, 6.07) is 1.25. The third kappa shape index (κ3) is 3.19. The average Bonchev–Trinajstić information content (AvgIpc) is 2.58. The van der Waals surface area contributed by atoms with Gasteiger partial charge < -0.3 is 11.1 Å². The molecule has 3 unspecified atom stereocenters. The van der Waals surface area contributed by atoms with Gasteiger partial charge in [-0.25, -0.2) is 0 Å². The summed E-state index contributed by atoms with van der Waals surface area (Å²) in [7, 11) is 0. The number of hydrogen-bond donors (Lipinski definition) is 2. The molecule has 0 spiro atoms. The predicted molar refractivity (Wildman–Crippen MR) is 68.6 cm³/mol.